The molecule has 3 heterocycles. The first-order valence-corrected chi connectivity index (χ1v) is 11.5. The molecule has 0 spiro atoms. The van der Waals surface area contributed by atoms with Gasteiger partial charge in [-0.25, -0.2) is 23.4 Å². The Morgan fingerprint density at radius 3 is 2.50 bits per heavy atom. The molecule has 2 atom stereocenters. The molecule has 0 N–H and O–H groups in total. The molecule has 1 aromatic heterocycles. The van der Waals surface area contributed by atoms with E-state index in [2.05, 4.69) is 4.98 Å². The smallest absolute Gasteiger partial charge is 0.416 e. The van der Waals surface area contributed by atoms with Gasteiger partial charge in [0.2, 0.25) is 0 Å². The van der Waals surface area contributed by atoms with E-state index in [1.54, 1.807) is 0 Å². The van der Waals surface area contributed by atoms with Gasteiger partial charge in [0.05, 0.1) is 30.9 Å². The van der Waals surface area contributed by atoms with Crippen molar-refractivity contribution in [1.82, 2.24) is 14.8 Å². The Labute approximate surface area is 218 Å². The molecule has 2 saturated heterocycles. The fourth-order valence-corrected chi connectivity index (χ4v) is 4.46. The lowest BCUT2D eigenvalue weighted by atomic mass is 10.1. The number of nitrogens with zero attached hydrogens (tertiary/aromatic N) is 5. The van der Waals surface area contributed by atoms with Crippen LogP contribution in [0.4, 0.5) is 43.0 Å². The summed E-state index contributed by atoms with van der Waals surface area (Å²) in [4.78, 5) is 46.7. The first-order chi connectivity index (χ1) is 17.7. The zero-order valence-corrected chi connectivity index (χ0v) is 21.0. The van der Waals surface area contributed by atoms with Gasteiger partial charge in [-0.05, 0) is 31.2 Å². The molecule has 2 fully saturated rings. The van der Waals surface area contributed by atoms with Gasteiger partial charge in [-0.15, -0.1) is 0 Å². The fraction of sp³-hybridized carbons (Fsp3) is 0.391. The summed E-state index contributed by atoms with van der Waals surface area (Å²) in [5.74, 6) is -3.64. The largest absolute Gasteiger partial charge is 0.442 e. The summed E-state index contributed by atoms with van der Waals surface area (Å²) in [6.45, 7) is 0.936. The second kappa shape index (κ2) is 9.89. The van der Waals surface area contributed by atoms with Crippen LogP contribution in [0.25, 0.3) is 0 Å². The van der Waals surface area contributed by atoms with E-state index in [4.69, 9.17) is 16.3 Å². The number of aromatic nitrogens is 1. The number of amides is 4. The van der Waals surface area contributed by atoms with Gasteiger partial charge in [0, 0.05) is 19.8 Å². The van der Waals surface area contributed by atoms with Crippen LogP contribution < -0.4 is 9.80 Å². The normalized spacial score (nSPS) is 19.9. The van der Waals surface area contributed by atoms with Crippen LogP contribution in [0.1, 0.15) is 11.3 Å². The maximum Gasteiger partial charge on any atom is 0.416 e. The van der Waals surface area contributed by atoms with Gasteiger partial charge in [-0.1, -0.05) is 11.6 Å². The minimum atomic E-state index is -4.77. The molecule has 0 saturated carbocycles. The van der Waals surface area contributed by atoms with E-state index < -0.39 is 70.1 Å². The van der Waals surface area contributed by atoms with E-state index in [1.807, 2.05) is 0 Å². The monoisotopic (exact) mass is 561 g/mol. The molecule has 9 nitrogen and oxygen atoms in total. The molecule has 2 aliphatic heterocycles. The number of alkyl halides is 3. The Kier molecular flexibility index (Phi) is 7.12. The predicted octanol–water partition coefficient (Wildman–Crippen LogP) is 4.06. The van der Waals surface area contributed by atoms with E-state index in [1.165, 1.54) is 18.9 Å². The summed E-state index contributed by atoms with van der Waals surface area (Å²) in [6.07, 6.45) is -6.14. The van der Waals surface area contributed by atoms with E-state index >= 15 is 0 Å². The number of hydrogen-bond donors (Lipinski definition) is 0. The second-order valence-electron chi connectivity index (χ2n) is 8.90. The molecule has 2 aromatic rings. The van der Waals surface area contributed by atoms with Crippen LogP contribution in [0.5, 0.6) is 0 Å². The highest BCUT2D eigenvalue weighted by Gasteiger charge is 2.47. The number of aryl methyl sites for hydroxylation is 1. The highest BCUT2D eigenvalue weighted by Crippen LogP contribution is 2.35. The molecule has 1 aromatic carbocycles. The maximum atomic E-state index is 14.7. The Hall–Kier alpha value is -3.68. The van der Waals surface area contributed by atoms with Gasteiger partial charge in [-0.3, -0.25) is 9.69 Å². The summed E-state index contributed by atoms with van der Waals surface area (Å²) in [5.41, 5.74) is -1.57. The lowest BCUT2D eigenvalue weighted by molar-refractivity contribution is -0.137. The minimum absolute atomic E-state index is 0.0664. The van der Waals surface area contributed by atoms with Gasteiger partial charge >= 0.3 is 18.3 Å². The first kappa shape index (κ1) is 27.4. The molecule has 2 aliphatic rings. The molecule has 0 radical (unpaired) electrons. The van der Waals surface area contributed by atoms with Crippen molar-refractivity contribution in [2.24, 2.45) is 0 Å². The summed E-state index contributed by atoms with van der Waals surface area (Å²) in [5, 5.41) is -0.856. The van der Waals surface area contributed by atoms with Crippen molar-refractivity contribution in [3.63, 3.8) is 0 Å². The number of urea groups is 1. The van der Waals surface area contributed by atoms with Crippen molar-refractivity contribution in [1.29, 1.82) is 0 Å². The lowest BCUT2D eigenvalue weighted by Crippen LogP contribution is -2.47. The van der Waals surface area contributed by atoms with Crippen molar-refractivity contribution < 1.29 is 41.1 Å². The summed E-state index contributed by atoms with van der Waals surface area (Å²) in [6, 6.07) is 0.902. The minimum Gasteiger partial charge on any atom is -0.442 e. The number of carbonyl (C=O) groups is 3. The summed E-state index contributed by atoms with van der Waals surface area (Å²) < 4.78 is 74.1. The predicted molar refractivity (Wildman–Crippen MR) is 125 cm³/mol. The van der Waals surface area contributed by atoms with Gasteiger partial charge < -0.3 is 19.4 Å². The van der Waals surface area contributed by atoms with Gasteiger partial charge in [0.1, 0.15) is 28.8 Å². The zero-order chi connectivity index (χ0) is 28.1. The van der Waals surface area contributed by atoms with Crippen LogP contribution in [-0.4, -0.2) is 78.7 Å². The second-order valence-corrected chi connectivity index (χ2v) is 9.28. The first-order valence-electron chi connectivity index (χ1n) is 11.2. The number of likely N-dealkylation sites (N-methyl/N-ethyl adjacent to an activating group) is 2. The van der Waals surface area contributed by atoms with Crippen LogP contribution in [0, 0.1) is 18.6 Å². The van der Waals surface area contributed by atoms with Crippen LogP contribution in [0.2, 0.25) is 5.02 Å². The van der Waals surface area contributed by atoms with Gasteiger partial charge in [0.15, 0.2) is 5.82 Å². The van der Waals surface area contributed by atoms with E-state index in [0.29, 0.717) is 6.07 Å². The molecular formula is C23H21ClF5N5O4. The SMILES string of the molecule is Cc1cc(C(F)(F)F)cc(N2C(=O)N(CC3CN(C)C(=O)O3)C[C@H]2C(=O)N(C)c2ccc(F)c(Cl)c2F)n1. The van der Waals surface area contributed by atoms with Gasteiger partial charge in [-0.2, -0.15) is 13.2 Å². The van der Waals surface area contributed by atoms with Crippen molar-refractivity contribution >= 4 is 41.1 Å². The number of anilines is 2. The summed E-state index contributed by atoms with van der Waals surface area (Å²) >= 11 is 5.64. The third-order valence-electron chi connectivity index (χ3n) is 6.17. The standard InChI is InChI=1S/C23H21ClF5N5O4/c1-11-6-12(23(27,28)29)7-17(30-11)34-16(10-33(21(34)36)9-13-8-31(2)22(37)38-13)20(35)32(3)15-5-4-14(25)18(24)19(15)26/h4-7,13,16H,8-10H2,1-3H3/t13?,16-/m0/s1. The number of ether oxygens (including phenoxy) is 1. The van der Waals surface area contributed by atoms with E-state index in [9.17, 15) is 36.3 Å². The van der Waals surface area contributed by atoms with Crippen LogP contribution in [0.3, 0.4) is 0 Å². The number of cyclic esters (lactones) is 1. The fourth-order valence-electron chi connectivity index (χ4n) is 4.30. The third-order valence-corrected chi connectivity index (χ3v) is 6.51. The number of halogens is 6. The Balaban J connectivity index is 1.72. The summed E-state index contributed by atoms with van der Waals surface area (Å²) in [7, 11) is 2.64. The molecule has 0 aliphatic carbocycles. The van der Waals surface area contributed by atoms with Crippen molar-refractivity contribution in [3.8, 4) is 0 Å². The average Bonchev–Trinajstić information content (AvgIpc) is 3.33. The van der Waals surface area contributed by atoms with E-state index in [0.717, 1.165) is 39.9 Å². The highest BCUT2D eigenvalue weighted by molar-refractivity contribution is 6.31. The molecule has 15 heteroatoms. The topological polar surface area (TPSA) is 86.3 Å². The zero-order valence-electron chi connectivity index (χ0n) is 20.2. The number of pyridine rings is 1. The molecule has 4 amide bonds. The molecule has 0 bridgehead atoms. The number of rotatable bonds is 5. The van der Waals surface area contributed by atoms with Crippen molar-refractivity contribution in [2.75, 3.05) is 43.5 Å². The van der Waals surface area contributed by atoms with Crippen LogP contribution in [-0.2, 0) is 15.7 Å². The van der Waals surface area contributed by atoms with Crippen molar-refractivity contribution in [2.45, 2.75) is 25.2 Å². The average molecular weight is 562 g/mol. The number of carbonyl (C=O) groups excluding carboxylic acids is 3. The molecule has 204 valence electrons. The van der Waals surface area contributed by atoms with Crippen LogP contribution >= 0.6 is 11.6 Å². The van der Waals surface area contributed by atoms with E-state index in [-0.39, 0.29) is 25.3 Å². The Morgan fingerprint density at radius 1 is 1.21 bits per heavy atom. The quantitative estimate of drug-likeness (QED) is 0.406. The molecule has 1 unspecified atom stereocenters. The van der Waals surface area contributed by atoms with Gasteiger partial charge in [0.25, 0.3) is 5.91 Å². The molecule has 38 heavy (non-hydrogen) atoms. The lowest BCUT2D eigenvalue weighted by Gasteiger charge is -2.27. The van der Waals surface area contributed by atoms with Crippen molar-refractivity contribution in [3.05, 3.63) is 52.2 Å². The molecular weight excluding hydrogens is 541 g/mol. The van der Waals surface area contributed by atoms with Crippen LogP contribution in [0.15, 0.2) is 24.3 Å². The number of hydrogen-bond acceptors (Lipinski definition) is 5. The third kappa shape index (κ3) is 5.04. The number of benzene rings is 1. The maximum absolute atomic E-state index is 14.7. The molecule has 4 rings (SSSR count). The highest BCUT2D eigenvalue weighted by atomic mass is 35.5. The Bertz CT molecular complexity index is 1310. The Morgan fingerprint density at radius 2 is 1.89 bits per heavy atom.